The molecule has 1 saturated heterocycles. The highest BCUT2D eigenvalue weighted by molar-refractivity contribution is 7.91. The molecule has 0 unspecified atom stereocenters. The van der Waals surface area contributed by atoms with Gasteiger partial charge in [-0.3, -0.25) is 0 Å². The summed E-state index contributed by atoms with van der Waals surface area (Å²) in [5.74, 6) is -1.05. The molecule has 0 bridgehead atoms. The van der Waals surface area contributed by atoms with E-state index >= 15 is 0 Å². The van der Waals surface area contributed by atoms with E-state index in [1.54, 1.807) is 36.5 Å². The quantitative estimate of drug-likeness (QED) is 0.624. The van der Waals surface area contributed by atoms with Crippen molar-refractivity contribution < 1.29 is 17.2 Å². The van der Waals surface area contributed by atoms with Gasteiger partial charge in [0.1, 0.15) is 11.6 Å². The Morgan fingerprint density at radius 3 is 2.60 bits per heavy atom. The van der Waals surface area contributed by atoms with E-state index in [1.165, 1.54) is 18.2 Å². The molecule has 7 heteroatoms. The lowest BCUT2D eigenvalue weighted by Gasteiger charge is -2.23. The van der Waals surface area contributed by atoms with Crippen molar-refractivity contribution in [2.45, 2.75) is 24.3 Å². The molecule has 0 atom stereocenters. The topological polar surface area (TPSA) is 51.1 Å². The number of piperidine rings is 1. The van der Waals surface area contributed by atoms with Crippen LogP contribution in [0.1, 0.15) is 18.4 Å². The number of sulfone groups is 1. The van der Waals surface area contributed by atoms with E-state index in [-0.39, 0.29) is 4.90 Å². The SMILES string of the molecule is O=S(=O)(CC=C(F)c1ccccc1)c1cn(CC2CCNCC2)c2cc(F)ccc12. The van der Waals surface area contributed by atoms with Gasteiger partial charge in [0.15, 0.2) is 9.84 Å². The Kier molecular flexibility index (Phi) is 6.01. The number of benzene rings is 2. The molecule has 4 rings (SSSR count). The molecule has 0 saturated carbocycles. The van der Waals surface area contributed by atoms with Crippen molar-refractivity contribution >= 4 is 26.6 Å². The van der Waals surface area contributed by atoms with Crippen LogP contribution in [0.2, 0.25) is 0 Å². The number of rotatable bonds is 6. The smallest absolute Gasteiger partial charge is 0.184 e. The molecule has 0 aliphatic carbocycles. The van der Waals surface area contributed by atoms with E-state index in [0.29, 0.717) is 28.9 Å². The number of fused-ring (bicyclic) bond motifs is 1. The fourth-order valence-corrected chi connectivity index (χ4v) is 5.30. The first kappa shape index (κ1) is 20.8. The summed E-state index contributed by atoms with van der Waals surface area (Å²) in [6.07, 6.45) is 4.64. The van der Waals surface area contributed by atoms with Crippen LogP contribution in [0.3, 0.4) is 0 Å². The molecular weight excluding hydrogens is 406 g/mol. The summed E-state index contributed by atoms with van der Waals surface area (Å²) in [5, 5.41) is 3.78. The van der Waals surface area contributed by atoms with Crippen molar-refractivity contribution in [2.24, 2.45) is 5.92 Å². The lowest BCUT2D eigenvalue weighted by Crippen LogP contribution is -2.29. The average Bonchev–Trinajstić information content (AvgIpc) is 3.12. The normalized spacial score (nSPS) is 16.3. The summed E-state index contributed by atoms with van der Waals surface area (Å²) in [5.41, 5.74) is 0.891. The second kappa shape index (κ2) is 8.70. The minimum atomic E-state index is -3.79. The van der Waals surface area contributed by atoms with Gasteiger partial charge in [-0.1, -0.05) is 30.3 Å². The van der Waals surface area contributed by atoms with Crippen LogP contribution in [-0.4, -0.2) is 31.8 Å². The molecule has 1 aliphatic heterocycles. The van der Waals surface area contributed by atoms with Gasteiger partial charge in [-0.25, -0.2) is 17.2 Å². The molecular formula is C23H24F2N2O2S. The fraction of sp³-hybridized carbons (Fsp3) is 0.304. The summed E-state index contributed by atoms with van der Waals surface area (Å²) in [6, 6.07) is 12.5. The molecule has 4 nitrogen and oxygen atoms in total. The monoisotopic (exact) mass is 430 g/mol. The molecule has 2 heterocycles. The average molecular weight is 431 g/mol. The Balaban J connectivity index is 1.67. The fourth-order valence-electron chi connectivity index (χ4n) is 3.96. The highest BCUT2D eigenvalue weighted by atomic mass is 32.2. The number of nitrogens with zero attached hydrogens (tertiary/aromatic N) is 1. The summed E-state index contributed by atoms with van der Waals surface area (Å²) in [4.78, 5) is 0.114. The van der Waals surface area contributed by atoms with Crippen molar-refractivity contribution in [3.05, 3.63) is 72.2 Å². The Hall–Kier alpha value is -2.51. The first-order valence-electron chi connectivity index (χ1n) is 10.1. The van der Waals surface area contributed by atoms with Crippen LogP contribution in [0.4, 0.5) is 8.78 Å². The van der Waals surface area contributed by atoms with Crippen LogP contribution in [0.15, 0.2) is 65.7 Å². The van der Waals surface area contributed by atoms with Gasteiger partial charge in [0.05, 0.1) is 16.2 Å². The largest absolute Gasteiger partial charge is 0.346 e. The highest BCUT2D eigenvalue weighted by Gasteiger charge is 2.23. The molecule has 0 spiro atoms. The number of nitrogens with one attached hydrogen (secondary N) is 1. The van der Waals surface area contributed by atoms with Crippen molar-refractivity contribution in [3.8, 4) is 0 Å². The first-order chi connectivity index (χ1) is 14.4. The third kappa shape index (κ3) is 4.47. The molecule has 3 aromatic rings. The zero-order valence-corrected chi connectivity index (χ0v) is 17.3. The van der Waals surface area contributed by atoms with Gasteiger partial charge in [0.2, 0.25) is 0 Å². The van der Waals surface area contributed by atoms with E-state index in [4.69, 9.17) is 0 Å². The maximum atomic E-state index is 14.4. The molecule has 0 radical (unpaired) electrons. The molecule has 158 valence electrons. The predicted octanol–water partition coefficient (Wildman–Crippen LogP) is 4.56. The Labute approximate surface area is 175 Å². The summed E-state index contributed by atoms with van der Waals surface area (Å²) < 4.78 is 56.2. The molecule has 30 heavy (non-hydrogen) atoms. The Morgan fingerprint density at radius 2 is 1.87 bits per heavy atom. The van der Waals surface area contributed by atoms with Crippen molar-refractivity contribution in [3.63, 3.8) is 0 Å². The van der Waals surface area contributed by atoms with E-state index < -0.39 is 27.2 Å². The standard InChI is InChI=1S/C23H24F2N2O2S/c24-19-6-7-20-22(14-19)27(15-17-8-11-26-12-9-17)16-23(20)30(28,29)13-10-21(25)18-4-2-1-3-5-18/h1-7,10,14,16-17,26H,8-9,11-13,15H2. The van der Waals surface area contributed by atoms with Crippen LogP contribution in [-0.2, 0) is 16.4 Å². The summed E-state index contributed by atoms with van der Waals surface area (Å²) >= 11 is 0. The molecule has 1 fully saturated rings. The minimum Gasteiger partial charge on any atom is -0.346 e. The van der Waals surface area contributed by atoms with Crippen molar-refractivity contribution in [1.29, 1.82) is 0 Å². The van der Waals surface area contributed by atoms with Crippen LogP contribution in [0.5, 0.6) is 0 Å². The Morgan fingerprint density at radius 1 is 1.13 bits per heavy atom. The molecule has 1 aliphatic rings. The Bertz CT molecular complexity index is 1160. The van der Waals surface area contributed by atoms with Gasteiger partial charge in [-0.15, -0.1) is 0 Å². The van der Waals surface area contributed by atoms with E-state index in [9.17, 15) is 17.2 Å². The highest BCUT2D eigenvalue weighted by Crippen LogP contribution is 2.29. The predicted molar refractivity (Wildman–Crippen MR) is 115 cm³/mol. The van der Waals surface area contributed by atoms with Crippen LogP contribution in [0.25, 0.3) is 16.7 Å². The zero-order valence-electron chi connectivity index (χ0n) is 16.5. The second-order valence-electron chi connectivity index (χ2n) is 7.70. The first-order valence-corrected chi connectivity index (χ1v) is 11.7. The lowest BCUT2D eigenvalue weighted by atomic mass is 9.98. The van der Waals surface area contributed by atoms with Gasteiger partial charge in [-0.2, -0.15) is 0 Å². The summed E-state index contributed by atoms with van der Waals surface area (Å²) in [6.45, 7) is 2.48. The third-order valence-electron chi connectivity index (χ3n) is 5.59. The van der Waals surface area contributed by atoms with E-state index in [1.807, 2.05) is 4.57 Å². The third-order valence-corrected chi connectivity index (χ3v) is 7.19. The lowest BCUT2D eigenvalue weighted by molar-refractivity contribution is 0.336. The van der Waals surface area contributed by atoms with Crippen LogP contribution < -0.4 is 5.32 Å². The van der Waals surface area contributed by atoms with E-state index in [2.05, 4.69) is 5.32 Å². The molecule has 2 aromatic carbocycles. The number of aromatic nitrogens is 1. The minimum absolute atomic E-state index is 0.114. The van der Waals surface area contributed by atoms with Gasteiger partial charge >= 0.3 is 0 Å². The van der Waals surface area contributed by atoms with Crippen LogP contribution >= 0.6 is 0 Å². The van der Waals surface area contributed by atoms with Gasteiger partial charge < -0.3 is 9.88 Å². The van der Waals surface area contributed by atoms with Crippen molar-refractivity contribution in [1.82, 2.24) is 9.88 Å². The maximum Gasteiger partial charge on any atom is 0.184 e. The van der Waals surface area contributed by atoms with Crippen molar-refractivity contribution in [2.75, 3.05) is 18.8 Å². The van der Waals surface area contributed by atoms with Gasteiger partial charge in [0, 0.05) is 23.7 Å². The van der Waals surface area contributed by atoms with Gasteiger partial charge in [-0.05, 0) is 56.1 Å². The molecule has 1 N–H and O–H groups in total. The number of halogens is 2. The number of hydrogen-bond acceptors (Lipinski definition) is 3. The van der Waals surface area contributed by atoms with Gasteiger partial charge in [0.25, 0.3) is 0 Å². The summed E-state index contributed by atoms with van der Waals surface area (Å²) in [7, 11) is -3.79. The van der Waals surface area contributed by atoms with E-state index in [0.717, 1.165) is 32.0 Å². The number of hydrogen-bond donors (Lipinski definition) is 1. The maximum absolute atomic E-state index is 14.4. The zero-order chi connectivity index (χ0) is 21.1. The van der Waals surface area contributed by atoms with Crippen LogP contribution in [0, 0.1) is 11.7 Å². The molecule has 1 aromatic heterocycles. The second-order valence-corrected chi connectivity index (χ2v) is 9.70. The molecule has 0 amide bonds.